The first-order chi connectivity index (χ1) is 10.7. The molecule has 116 valence electrons. The van der Waals surface area contributed by atoms with Gasteiger partial charge < -0.3 is 19.9 Å². The van der Waals surface area contributed by atoms with Crippen LogP contribution in [0.4, 0.5) is 9.80 Å². The number of benzene rings is 1. The van der Waals surface area contributed by atoms with Crippen LogP contribution in [0.25, 0.3) is 0 Å². The average molecular weight is 320 g/mol. The van der Waals surface area contributed by atoms with Gasteiger partial charge in [-0.15, -0.1) is 11.3 Å². The highest BCUT2D eigenvalue weighted by Crippen LogP contribution is 2.32. The molecule has 3 N–H and O–H groups in total. The summed E-state index contributed by atoms with van der Waals surface area (Å²) in [6.45, 7) is 1.13. The minimum atomic E-state index is -0.815. The molecular formula is C15H16N2O4S. The predicted molar refractivity (Wildman–Crippen MR) is 83.7 cm³/mol. The Hall–Kier alpha value is -2.25. The molecule has 3 rings (SSSR count). The largest absolute Gasteiger partial charge is 0.486 e. The Balaban J connectivity index is 1.55. The molecule has 2 heterocycles. The van der Waals surface area contributed by atoms with Crippen molar-refractivity contribution in [3.05, 3.63) is 41.3 Å². The molecule has 1 atom stereocenters. The fourth-order valence-corrected chi connectivity index (χ4v) is 2.69. The molecule has 6 nitrogen and oxygen atoms in total. The second-order valence-corrected chi connectivity index (χ2v) is 5.68. The number of fused-ring (bicyclic) bond motifs is 1. The molecule has 0 spiro atoms. The van der Waals surface area contributed by atoms with E-state index in [-0.39, 0.29) is 12.6 Å². The number of amides is 2. The summed E-state index contributed by atoms with van der Waals surface area (Å²) in [5.41, 5.74) is 0.667. The molecule has 2 aromatic rings. The summed E-state index contributed by atoms with van der Waals surface area (Å²) >= 11 is 1.43. The summed E-state index contributed by atoms with van der Waals surface area (Å²) < 4.78 is 10.9. The van der Waals surface area contributed by atoms with Gasteiger partial charge >= 0.3 is 6.03 Å². The summed E-state index contributed by atoms with van der Waals surface area (Å²) in [7, 11) is 0. The minimum absolute atomic E-state index is 0.108. The molecule has 7 heteroatoms. The van der Waals surface area contributed by atoms with E-state index in [1.165, 1.54) is 11.3 Å². The smallest absolute Gasteiger partial charge is 0.319 e. The summed E-state index contributed by atoms with van der Waals surface area (Å²) in [5, 5.41) is 18.1. The Morgan fingerprint density at radius 3 is 2.86 bits per heavy atom. The van der Waals surface area contributed by atoms with Gasteiger partial charge in [-0.3, -0.25) is 5.32 Å². The number of aliphatic hydroxyl groups excluding tert-OH is 1. The van der Waals surface area contributed by atoms with Crippen molar-refractivity contribution < 1.29 is 19.4 Å². The third kappa shape index (κ3) is 3.49. The topological polar surface area (TPSA) is 79.8 Å². The standard InChI is InChI=1S/C15H16N2O4S/c18-11(9-16-15(19)17-14-2-1-7-22-14)10-3-4-12-13(8-10)21-6-5-20-12/h1-4,7-8,11,18H,5-6,9H2,(H2,16,17,19). The minimum Gasteiger partial charge on any atom is -0.486 e. The Kier molecular flexibility index (Phi) is 4.45. The highest BCUT2D eigenvalue weighted by Gasteiger charge is 2.16. The number of rotatable bonds is 4. The Labute approximate surface area is 131 Å². The molecule has 0 bridgehead atoms. The maximum absolute atomic E-state index is 11.7. The van der Waals surface area contributed by atoms with E-state index in [0.717, 1.165) is 5.00 Å². The molecule has 0 fully saturated rings. The highest BCUT2D eigenvalue weighted by molar-refractivity contribution is 7.14. The van der Waals surface area contributed by atoms with E-state index < -0.39 is 6.10 Å². The molecule has 1 unspecified atom stereocenters. The van der Waals surface area contributed by atoms with E-state index in [9.17, 15) is 9.90 Å². The van der Waals surface area contributed by atoms with Gasteiger partial charge in [-0.2, -0.15) is 0 Å². The molecule has 2 amide bonds. The van der Waals surface area contributed by atoms with Crippen LogP contribution in [0.2, 0.25) is 0 Å². The Bertz CT molecular complexity index is 645. The van der Waals surface area contributed by atoms with Crippen LogP contribution in [-0.4, -0.2) is 30.9 Å². The summed E-state index contributed by atoms with van der Waals surface area (Å²) in [6, 6.07) is 8.57. The zero-order valence-electron chi connectivity index (χ0n) is 11.7. The lowest BCUT2D eigenvalue weighted by Gasteiger charge is -2.20. The van der Waals surface area contributed by atoms with Gasteiger partial charge in [-0.05, 0) is 35.2 Å². The number of carbonyl (C=O) groups excluding carboxylic acids is 1. The number of carbonyl (C=O) groups is 1. The van der Waals surface area contributed by atoms with Gasteiger partial charge in [0.05, 0.1) is 11.1 Å². The fraction of sp³-hybridized carbons (Fsp3) is 0.267. The van der Waals surface area contributed by atoms with Gasteiger partial charge in [-0.1, -0.05) is 6.07 Å². The van der Waals surface area contributed by atoms with Gasteiger partial charge in [0.25, 0.3) is 0 Å². The fourth-order valence-electron chi connectivity index (χ4n) is 2.08. The molecule has 0 saturated carbocycles. The molecule has 22 heavy (non-hydrogen) atoms. The SMILES string of the molecule is O=C(NCC(O)c1ccc2c(c1)OCCO2)Nc1cccs1. The number of ether oxygens (including phenoxy) is 2. The van der Waals surface area contributed by atoms with Crippen molar-refractivity contribution in [2.24, 2.45) is 0 Å². The first-order valence-corrected chi connectivity index (χ1v) is 7.76. The molecule has 1 aromatic carbocycles. The van der Waals surface area contributed by atoms with Gasteiger partial charge in [0.15, 0.2) is 11.5 Å². The molecule has 1 aromatic heterocycles. The average Bonchev–Trinajstić information content (AvgIpc) is 3.05. The Morgan fingerprint density at radius 2 is 2.09 bits per heavy atom. The van der Waals surface area contributed by atoms with Gasteiger partial charge in [0, 0.05) is 6.54 Å². The van der Waals surface area contributed by atoms with E-state index in [1.54, 1.807) is 18.2 Å². The van der Waals surface area contributed by atoms with E-state index in [1.807, 2.05) is 17.5 Å². The van der Waals surface area contributed by atoms with Crippen LogP contribution in [0.15, 0.2) is 35.7 Å². The Morgan fingerprint density at radius 1 is 1.27 bits per heavy atom. The first-order valence-electron chi connectivity index (χ1n) is 6.88. The van der Waals surface area contributed by atoms with Gasteiger partial charge in [0.2, 0.25) is 0 Å². The zero-order chi connectivity index (χ0) is 15.4. The lowest BCUT2D eigenvalue weighted by atomic mass is 10.1. The van der Waals surface area contributed by atoms with Crippen molar-refractivity contribution >= 4 is 22.4 Å². The first kappa shape index (κ1) is 14.7. The summed E-state index contributed by atoms with van der Waals surface area (Å²) in [4.78, 5) is 11.7. The van der Waals surface area contributed by atoms with Crippen LogP contribution in [0.3, 0.4) is 0 Å². The van der Waals surface area contributed by atoms with Crippen molar-refractivity contribution in [2.75, 3.05) is 25.1 Å². The molecule has 0 aliphatic carbocycles. The number of anilines is 1. The predicted octanol–water partition coefficient (Wildman–Crippen LogP) is 2.37. The van der Waals surface area contributed by atoms with Crippen molar-refractivity contribution in [1.82, 2.24) is 5.32 Å². The van der Waals surface area contributed by atoms with E-state index in [2.05, 4.69) is 10.6 Å². The van der Waals surface area contributed by atoms with E-state index in [4.69, 9.17) is 9.47 Å². The van der Waals surface area contributed by atoms with Crippen molar-refractivity contribution in [1.29, 1.82) is 0 Å². The van der Waals surface area contributed by atoms with Crippen LogP contribution in [-0.2, 0) is 0 Å². The number of hydrogen-bond acceptors (Lipinski definition) is 5. The number of hydrogen-bond donors (Lipinski definition) is 3. The second-order valence-electron chi connectivity index (χ2n) is 4.73. The number of thiophene rings is 1. The normalized spacial score (nSPS) is 14.2. The second kappa shape index (κ2) is 6.67. The third-order valence-electron chi connectivity index (χ3n) is 3.16. The lowest BCUT2D eigenvalue weighted by Crippen LogP contribution is -2.32. The van der Waals surface area contributed by atoms with E-state index in [0.29, 0.717) is 30.3 Å². The summed E-state index contributed by atoms with van der Waals surface area (Å²) in [5.74, 6) is 1.29. The van der Waals surface area contributed by atoms with Crippen molar-refractivity contribution in [2.45, 2.75) is 6.10 Å². The quantitative estimate of drug-likeness (QED) is 0.808. The monoisotopic (exact) mass is 320 g/mol. The molecular weight excluding hydrogens is 304 g/mol. The molecule has 0 radical (unpaired) electrons. The number of nitrogens with one attached hydrogen (secondary N) is 2. The van der Waals surface area contributed by atoms with Crippen LogP contribution < -0.4 is 20.1 Å². The number of aliphatic hydroxyl groups is 1. The molecule has 1 aliphatic rings. The highest BCUT2D eigenvalue weighted by atomic mass is 32.1. The van der Waals surface area contributed by atoms with Gasteiger partial charge in [-0.25, -0.2) is 4.79 Å². The van der Waals surface area contributed by atoms with Crippen LogP contribution in [0, 0.1) is 0 Å². The van der Waals surface area contributed by atoms with E-state index >= 15 is 0 Å². The maximum atomic E-state index is 11.7. The van der Waals surface area contributed by atoms with Crippen molar-refractivity contribution in [3.63, 3.8) is 0 Å². The summed E-state index contributed by atoms with van der Waals surface area (Å²) in [6.07, 6.45) is -0.815. The third-order valence-corrected chi connectivity index (χ3v) is 3.95. The molecule has 1 aliphatic heterocycles. The van der Waals surface area contributed by atoms with Crippen LogP contribution in [0.5, 0.6) is 11.5 Å². The van der Waals surface area contributed by atoms with Crippen molar-refractivity contribution in [3.8, 4) is 11.5 Å². The van der Waals surface area contributed by atoms with Crippen LogP contribution >= 0.6 is 11.3 Å². The van der Waals surface area contributed by atoms with Gasteiger partial charge in [0.1, 0.15) is 13.2 Å². The van der Waals surface area contributed by atoms with Crippen LogP contribution in [0.1, 0.15) is 11.7 Å². The number of urea groups is 1. The lowest BCUT2D eigenvalue weighted by molar-refractivity contribution is 0.163. The zero-order valence-corrected chi connectivity index (χ0v) is 12.6. The molecule has 0 saturated heterocycles. The maximum Gasteiger partial charge on any atom is 0.319 e.